The van der Waals surface area contributed by atoms with Crippen molar-refractivity contribution >= 4 is 14.1 Å². The molecule has 1 aromatic rings. The van der Waals surface area contributed by atoms with Crippen LogP contribution in [0.5, 0.6) is 0 Å². The highest BCUT2D eigenvalue weighted by Gasteiger charge is 2.56. The van der Waals surface area contributed by atoms with Crippen molar-refractivity contribution in [2.45, 2.75) is 43.5 Å². The minimum Gasteiger partial charge on any atom is -0.581 e. The smallest absolute Gasteiger partial charge is 0.382 e. The first-order valence-electron chi connectivity index (χ1n) is 8.08. The summed E-state index contributed by atoms with van der Waals surface area (Å²) in [7, 11) is -3.00. The maximum Gasteiger partial charge on any atom is 0.382 e. The highest BCUT2D eigenvalue weighted by Crippen LogP contribution is 2.38. The third kappa shape index (κ3) is 4.89. The van der Waals surface area contributed by atoms with Gasteiger partial charge in [-0.05, 0) is 19.4 Å². The predicted octanol–water partition coefficient (Wildman–Crippen LogP) is -1.54. The molecule has 16 nitrogen and oxygen atoms in total. The molecule has 1 unspecified atom stereocenters. The fraction of sp³-hybridized carbons (Fsp3) is 0.615. The lowest BCUT2D eigenvalue weighted by Crippen LogP contribution is -2.45. The summed E-state index contributed by atoms with van der Waals surface area (Å²) in [4.78, 5) is 54.9. The standard InChI is InChI=1S/C13H17N6O10P/c1-12(2,10(23)24)17-30(26)29-27-5-13(16-18-14)8(22)7(21)9(28-13)19-4-3-6(20)15-11(19)25/h3-4,7-9,21-22H,5H2,1-2H3,(H,23,24)(H,15,20,25)/t7-,8+,9-,13-/m1/s1. The normalized spacial score (nSPS) is 27.0. The van der Waals surface area contributed by atoms with Crippen LogP contribution in [-0.4, -0.2) is 60.9 Å². The van der Waals surface area contributed by atoms with E-state index in [9.17, 15) is 29.5 Å². The lowest BCUT2D eigenvalue weighted by molar-refractivity contribution is -0.291. The number of aliphatic hydroxyl groups is 2. The average molecular weight is 448 g/mol. The molecule has 1 saturated heterocycles. The monoisotopic (exact) mass is 448 g/mol. The number of aromatic amines is 1. The van der Waals surface area contributed by atoms with Gasteiger partial charge in [0.15, 0.2) is 11.8 Å². The Bertz CT molecular complexity index is 1000. The summed E-state index contributed by atoms with van der Waals surface area (Å²) in [6.07, 6.45) is -4.37. The number of rotatable bonds is 8. The molecule has 0 amide bonds. The zero-order valence-corrected chi connectivity index (χ0v) is 16.4. The van der Waals surface area contributed by atoms with Crippen LogP contribution in [0, 0.1) is 0 Å². The molecular formula is C13H17N6O10P. The molecule has 5 atom stereocenters. The van der Waals surface area contributed by atoms with Gasteiger partial charge in [0.2, 0.25) is 5.72 Å². The highest BCUT2D eigenvalue weighted by atomic mass is 31.1. The van der Waals surface area contributed by atoms with Crippen LogP contribution in [0.15, 0.2) is 31.7 Å². The number of carboxylic acids is 1. The number of hydrogen-bond donors (Lipinski definition) is 4. The molecule has 0 radical (unpaired) electrons. The Morgan fingerprint density at radius 2 is 2.20 bits per heavy atom. The molecule has 164 valence electrons. The van der Waals surface area contributed by atoms with Crippen molar-refractivity contribution in [3.8, 4) is 0 Å². The second-order valence-electron chi connectivity index (χ2n) is 6.53. The summed E-state index contributed by atoms with van der Waals surface area (Å²) in [6.45, 7) is 1.38. The van der Waals surface area contributed by atoms with E-state index >= 15 is 0 Å². The van der Waals surface area contributed by atoms with Crippen molar-refractivity contribution < 1.29 is 39.3 Å². The van der Waals surface area contributed by atoms with Crippen LogP contribution in [0.25, 0.3) is 10.4 Å². The molecule has 4 N–H and O–H groups in total. The van der Waals surface area contributed by atoms with Crippen molar-refractivity contribution in [3.63, 3.8) is 0 Å². The van der Waals surface area contributed by atoms with Crippen LogP contribution in [0.2, 0.25) is 0 Å². The number of carboxylic acid groups (broad SMARTS) is 1. The Morgan fingerprint density at radius 3 is 2.77 bits per heavy atom. The Kier molecular flexibility index (Phi) is 7.07. The number of nitrogens with one attached hydrogen (secondary N) is 1. The van der Waals surface area contributed by atoms with E-state index in [0.717, 1.165) is 30.7 Å². The summed E-state index contributed by atoms with van der Waals surface area (Å²) in [5, 5.41) is 32.7. The van der Waals surface area contributed by atoms with Crippen LogP contribution in [0.1, 0.15) is 20.1 Å². The van der Waals surface area contributed by atoms with Crippen molar-refractivity contribution in [1.82, 2.24) is 9.55 Å². The Hall–Kier alpha value is -2.68. The molecule has 0 aromatic carbocycles. The first kappa shape index (κ1) is 23.6. The maximum atomic E-state index is 11.9. The number of ether oxygens (including phenoxy) is 1. The van der Waals surface area contributed by atoms with E-state index in [2.05, 4.69) is 24.3 Å². The zero-order valence-electron chi connectivity index (χ0n) is 15.5. The summed E-state index contributed by atoms with van der Waals surface area (Å²) < 4.78 is 13.9. The lowest BCUT2D eigenvalue weighted by Gasteiger charge is -2.24. The second kappa shape index (κ2) is 8.99. The number of aromatic nitrogens is 2. The summed E-state index contributed by atoms with van der Waals surface area (Å²) in [6, 6.07) is 0.952. The van der Waals surface area contributed by atoms with E-state index in [-0.39, 0.29) is 0 Å². The number of aliphatic carboxylic acids is 1. The van der Waals surface area contributed by atoms with Crippen molar-refractivity contribution in [2.24, 2.45) is 9.86 Å². The molecule has 1 aromatic heterocycles. The van der Waals surface area contributed by atoms with Gasteiger partial charge in [0.25, 0.3) is 5.56 Å². The minimum atomic E-state index is -3.00. The first-order chi connectivity index (χ1) is 13.9. The van der Waals surface area contributed by atoms with Gasteiger partial charge in [-0.25, -0.2) is 9.59 Å². The van der Waals surface area contributed by atoms with Gasteiger partial charge in [-0.1, -0.05) is 9.86 Å². The van der Waals surface area contributed by atoms with Crippen molar-refractivity contribution in [1.29, 1.82) is 0 Å². The van der Waals surface area contributed by atoms with Gasteiger partial charge >= 0.3 is 19.8 Å². The van der Waals surface area contributed by atoms with Gasteiger partial charge in [-0.3, -0.25) is 14.3 Å². The quantitative estimate of drug-likeness (QED) is 0.0891. The van der Waals surface area contributed by atoms with Gasteiger partial charge in [0, 0.05) is 21.8 Å². The van der Waals surface area contributed by atoms with Gasteiger partial charge in [-0.15, -0.1) is 0 Å². The molecule has 2 rings (SSSR count). The number of azide groups is 1. The summed E-state index contributed by atoms with van der Waals surface area (Å²) in [5.74, 6) is -1.38. The molecule has 1 fully saturated rings. The fourth-order valence-corrected chi connectivity index (χ4v) is 3.02. The second-order valence-corrected chi connectivity index (χ2v) is 7.36. The first-order valence-corrected chi connectivity index (χ1v) is 9.21. The number of hydrogen-bond acceptors (Lipinski definition) is 11. The van der Waals surface area contributed by atoms with Gasteiger partial charge in [-0.2, -0.15) is 4.89 Å². The SMILES string of the molecule is CC(C)(N=[P+]([O-])OOC[C@@]1(N=[N+]=[N-])O[C@@H](n2ccc(=O)[nH]c2=O)[C@H](O)[C@@H]1O)C(=O)O. The van der Waals surface area contributed by atoms with Crippen LogP contribution >= 0.6 is 8.17 Å². The molecule has 0 spiro atoms. The molecule has 1 aliphatic rings. The van der Waals surface area contributed by atoms with Crippen LogP contribution < -0.4 is 16.1 Å². The third-order valence-electron chi connectivity index (χ3n) is 3.98. The van der Waals surface area contributed by atoms with Crippen LogP contribution in [-0.2, 0) is 19.1 Å². The molecule has 0 bridgehead atoms. The predicted molar refractivity (Wildman–Crippen MR) is 93.4 cm³/mol. The molecule has 0 aliphatic carbocycles. The topological polar surface area (TPSA) is 244 Å². The molecule has 17 heteroatoms. The van der Waals surface area contributed by atoms with E-state index in [4.69, 9.17) is 15.4 Å². The molecule has 0 saturated carbocycles. The Labute approximate surface area is 167 Å². The number of nitrogens with zero attached hydrogens (tertiary/aromatic N) is 5. The minimum absolute atomic E-state index is 0.723. The summed E-state index contributed by atoms with van der Waals surface area (Å²) >= 11 is 0. The highest BCUT2D eigenvalue weighted by molar-refractivity contribution is 7.33. The van der Waals surface area contributed by atoms with Gasteiger partial charge in [0.1, 0.15) is 18.8 Å². The van der Waals surface area contributed by atoms with E-state index in [1.807, 2.05) is 4.98 Å². The third-order valence-corrected chi connectivity index (χ3v) is 4.88. The lowest BCUT2D eigenvalue weighted by atomic mass is 10.1. The molecule has 2 heterocycles. The fourth-order valence-electron chi connectivity index (χ4n) is 2.35. The van der Waals surface area contributed by atoms with Gasteiger partial charge in [0.05, 0.1) is 0 Å². The van der Waals surface area contributed by atoms with E-state index in [1.165, 1.54) is 0 Å². The average Bonchev–Trinajstić information content (AvgIpc) is 2.87. The van der Waals surface area contributed by atoms with Crippen LogP contribution in [0.3, 0.4) is 0 Å². The van der Waals surface area contributed by atoms with Crippen LogP contribution in [0.4, 0.5) is 0 Å². The zero-order chi connectivity index (χ0) is 22.7. The van der Waals surface area contributed by atoms with E-state index in [0.29, 0.717) is 0 Å². The largest absolute Gasteiger partial charge is 0.581 e. The molecule has 1 aliphatic heterocycles. The Morgan fingerprint density at radius 1 is 1.53 bits per heavy atom. The number of aliphatic hydroxyl groups excluding tert-OH is 2. The maximum absolute atomic E-state index is 11.9. The number of H-pyrrole nitrogens is 1. The number of carbonyl (C=O) groups is 1. The van der Waals surface area contributed by atoms with E-state index < -0.39 is 61.7 Å². The molecular weight excluding hydrogens is 431 g/mol. The van der Waals surface area contributed by atoms with E-state index in [1.54, 1.807) is 0 Å². The van der Waals surface area contributed by atoms with Crippen molar-refractivity contribution in [2.75, 3.05) is 6.61 Å². The van der Waals surface area contributed by atoms with Gasteiger partial charge < -0.3 is 24.9 Å². The Balaban J connectivity index is 2.22. The van der Waals surface area contributed by atoms with Crippen molar-refractivity contribution in [3.05, 3.63) is 43.5 Å². The summed E-state index contributed by atoms with van der Waals surface area (Å²) in [5.41, 5.74) is 3.01. The molecule has 30 heavy (non-hydrogen) atoms.